The first-order valence-corrected chi connectivity index (χ1v) is 15.5. The Balaban J connectivity index is 1.36. The molecule has 6 aromatic rings. The number of ether oxygens (including phenoxy) is 2. The van der Waals surface area contributed by atoms with Gasteiger partial charge >= 0.3 is 0 Å². The molecule has 4 nitrogen and oxygen atoms in total. The topological polar surface area (TPSA) is 38.8 Å². The number of para-hydroxylation sites is 1. The van der Waals surface area contributed by atoms with Crippen LogP contribution in [-0.2, 0) is 5.54 Å². The Kier molecular flexibility index (Phi) is 7.42. The number of hydrogen-bond acceptors (Lipinski definition) is 3. The van der Waals surface area contributed by atoms with Crippen molar-refractivity contribution in [2.45, 2.75) is 33.2 Å². The molecule has 1 aliphatic heterocycles. The molecule has 0 atom stereocenters. The number of anilines is 1. The van der Waals surface area contributed by atoms with Gasteiger partial charge in [0.25, 0.3) is 5.91 Å². The maximum absolute atomic E-state index is 14.4. The summed E-state index contributed by atoms with van der Waals surface area (Å²) in [4.78, 5) is 16.3. The zero-order valence-electron chi connectivity index (χ0n) is 26.5. The molecule has 0 aliphatic carbocycles. The molecular formula is C42H35NO3. The molecule has 46 heavy (non-hydrogen) atoms. The van der Waals surface area contributed by atoms with Gasteiger partial charge in [-0.2, -0.15) is 0 Å². The number of amides is 1. The number of carbonyl (C=O) groups is 1. The van der Waals surface area contributed by atoms with E-state index in [1.54, 1.807) is 0 Å². The van der Waals surface area contributed by atoms with E-state index < -0.39 is 5.54 Å². The maximum Gasteiger partial charge on any atom is 0.260 e. The van der Waals surface area contributed by atoms with Crippen LogP contribution in [-0.4, -0.2) is 5.91 Å². The van der Waals surface area contributed by atoms with Crippen LogP contribution in [0.15, 0.2) is 140 Å². The highest BCUT2D eigenvalue weighted by Crippen LogP contribution is 2.51. The van der Waals surface area contributed by atoms with E-state index in [0.717, 1.165) is 45.4 Å². The van der Waals surface area contributed by atoms with Crippen LogP contribution < -0.4 is 14.4 Å². The number of benzene rings is 6. The summed E-state index contributed by atoms with van der Waals surface area (Å²) in [5, 5.41) is 0. The van der Waals surface area contributed by atoms with Crippen LogP contribution in [0.2, 0.25) is 0 Å². The Hall–Kier alpha value is -5.61. The van der Waals surface area contributed by atoms with Gasteiger partial charge in [0.05, 0.1) is 0 Å². The van der Waals surface area contributed by atoms with Crippen LogP contribution in [0, 0.1) is 27.7 Å². The van der Waals surface area contributed by atoms with E-state index >= 15 is 0 Å². The standard InChI is InChI=1S/C42H35NO3/c1-28-14-20-37(26-30(28)3)45-35-22-16-32(17-23-35)42(33-18-24-36(25-19-33)46-38-21-15-29(2)31(4)27-38)40-13-9-8-12-39(40)41(44)43(42)34-10-6-5-7-11-34/h5-27H,1-4H3. The number of hydrogen-bond donors (Lipinski definition) is 0. The van der Waals surface area contributed by atoms with Gasteiger partial charge in [-0.1, -0.05) is 72.8 Å². The van der Waals surface area contributed by atoms with E-state index in [2.05, 4.69) is 82.3 Å². The molecule has 0 N–H and O–H groups in total. The van der Waals surface area contributed by atoms with Gasteiger partial charge in [-0.3, -0.25) is 9.69 Å². The quantitative estimate of drug-likeness (QED) is 0.183. The molecule has 0 saturated heterocycles. The Morgan fingerprint density at radius 3 is 1.43 bits per heavy atom. The van der Waals surface area contributed by atoms with Crippen LogP contribution in [0.5, 0.6) is 23.0 Å². The molecule has 0 fully saturated rings. The van der Waals surface area contributed by atoms with Crippen LogP contribution in [0.4, 0.5) is 5.69 Å². The second-order valence-electron chi connectivity index (χ2n) is 12.0. The zero-order chi connectivity index (χ0) is 31.8. The third-order valence-corrected chi connectivity index (χ3v) is 9.07. The van der Waals surface area contributed by atoms with Crippen molar-refractivity contribution in [1.82, 2.24) is 0 Å². The SMILES string of the molecule is Cc1ccc(Oc2ccc(C3(c4ccc(Oc5ccc(C)c(C)c5)cc4)c4ccccc4C(=O)N3c3ccccc3)cc2)cc1C. The van der Waals surface area contributed by atoms with Gasteiger partial charge in [0.15, 0.2) is 0 Å². The minimum atomic E-state index is -0.938. The second kappa shape index (κ2) is 11.7. The Morgan fingerprint density at radius 1 is 0.478 bits per heavy atom. The first-order valence-electron chi connectivity index (χ1n) is 15.5. The second-order valence-corrected chi connectivity index (χ2v) is 12.0. The normalized spacial score (nSPS) is 13.4. The fourth-order valence-corrected chi connectivity index (χ4v) is 6.36. The number of rotatable bonds is 7. The Labute approximate surface area is 270 Å². The predicted octanol–water partition coefficient (Wildman–Crippen LogP) is 10.5. The Bertz CT molecular complexity index is 1950. The highest BCUT2D eigenvalue weighted by Gasteiger charge is 2.52. The number of nitrogens with zero attached hydrogens (tertiary/aromatic N) is 1. The molecular weight excluding hydrogens is 566 g/mol. The summed E-state index contributed by atoms with van der Waals surface area (Å²) in [6.07, 6.45) is 0. The third-order valence-electron chi connectivity index (χ3n) is 9.07. The zero-order valence-corrected chi connectivity index (χ0v) is 26.5. The summed E-state index contributed by atoms with van der Waals surface area (Å²) >= 11 is 0. The smallest absolute Gasteiger partial charge is 0.260 e. The van der Waals surface area contributed by atoms with Crippen LogP contribution >= 0.6 is 0 Å². The average molecular weight is 602 g/mol. The van der Waals surface area contributed by atoms with Crippen LogP contribution in [0.25, 0.3) is 0 Å². The predicted molar refractivity (Wildman–Crippen MR) is 184 cm³/mol. The average Bonchev–Trinajstić information content (AvgIpc) is 3.34. The highest BCUT2D eigenvalue weighted by atomic mass is 16.5. The van der Waals surface area contributed by atoms with E-state index in [1.807, 2.05) is 89.8 Å². The van der Waals surface area contributed by atoms with Crippen molar-refractivity contribution in [3.63, 3.8) is 0 Å². The number of aryl methyl sites for hydroxylation is 4. The molecule has 0 bridgehead atoms. The molecule has 4 heteroatoms. The molecule has 1 amide bonds. The summed E-state index contributed by atoms with van der Waals surface area (Å²) in [6.45, 7) is 8.35. The van der Waals surface area contributed by atoms with E-state index in [-0.39, 0.29) is 5.91 Å². The van der Waals surface area contributed by atoms with Crippen LogP contribution in [0.1, 0.15) is 49.3 Å². The van der Waals surface area contributed by atoms with Gasteiger partial charge < -0.3 is 9.47 Å². The first kappa shape index (κ1) is 29.1. The van der Waals surface area contributed by atoms with Gasteiger partial charge in [-0.25, -0.2) is 0 Å². The van der Waals surface area contributed by atoms with Crippen molar-refractivity contribution in [3.8, 4) is 23.0 Å². The minimum absolute atomic E-state index is 0.0484. The maximum atomic E-state index is 14.4. The lowest BCUT2D eigenvalue weighted by Crippen LogP contribution is -2.46. The molecule has 0 saturated carbocycles. The van der Waals surface area contributed by atoms with Crippen molar-refractivity contribution in [2.24, 2.45) is 0 Å². The monoisotopic (exact) mass is 601 g/mol. The molecule has 6 aromatic carbocycles. The van der Waals surface area contributed by atoms with Gasteiger partial charge in [-0.05, 0) is 133 Å². The molecule has 0 unspecified atom stereocenters. The largest absolute Gasteiger partial charge is 0.457 e. The van der Waals surface area contributed by atoms with Gasteiger partial charge in [-0.15, -0.1) is 0 Å². The Morgan fingerprint density at radius 2 is 0.935 bits per heavy atom. The van der Waals surface area contributed by atoms with Gasteiger partial charge in [0, 0.05) is 11.3 Å². The first-order chi connectivity index (χ1) is 22.3. The molecule has 226 valence electrons. The number of carbonyl (C=O) groups excluding carboxylic acids is 1. The summed E-state index contributed by atoms with van der Waals surface area (Å²) in [6, 6.07) is 46.2. The fourth-order valence-electron chi connectivity index (χ4n) is 6.36. The van der Waals surface area contributed by atoms with E-state index in [4.69, 9.17) is 9.47 Å². The van der Waals surface area contributed by atoms with E-state index in [0.29, 0.717) is 5.56 Å². The fraction of sp³-hybridized carbons (Fsp3) is 0.119. The molecule has 1 aliphatic rings. The van der Waals surface area contributed by atoms with E-state index in [9.17, 15) is 4.79 Å². The summed E-state index contributed by atoms with van der Waals surface area (Å²) in [5.74, 6) is 2.98. The molecule has 0 radical (unpaired) electrons. The molecule has 1 heterocycles. The molecule has 0 spiro atoms. The van der Waals surface area contributed by atoms with Crippen molar-refractivity contribution < 1.29 is 14.3 Å². The van der Waals surface area contributed by atoms with E-state index in [1.165, 1.54) is 22.3 Å². The lowest BCUT2D eigenvalue weighted by molar-refractivity contribution is 0.0986. The summed E-state index contributed by atoms with van der Waals surface area (Å²) in [5.41, 5.74) is 8.18. The van der Waals surface area contributed by atoms with Crippen molar-refractivity contribution in [3.05, 3.63) is 184 Å². The van der Waals surface area contributed by atoms with Crippen molar-refractivity contribution in [2.75, 3.05) is 4.90 Å². The van der Waals surface area contributed by atoms with Crippen molar-refractivity contribution >= 4 is 11.6 Å². The third kappa shape index (κ3) is 5.02. The van der Waals surface area contributed by atoms with Crippen molar-refractivity contribution in [1.29, 1.82) is 0 Å². The van der Waals surface area contributed by atoms with Gasteiger partial charge in [0.1, 0.15) is 28.5 Å². The minimum Gasteiger partial charge on any atom is -0.457 e. The molecule has 7 rings (SSSR count). The summed E-state index contributed by atoms with van der Waals surface area (Å²) < 4.78 is 12.5. The highest BCUT2D eigenvalue weighted by molar-refractivity contribution is 6.13. The van der Waals surface area contributed by atoms with Gasteiger partial charge in [0.2, 0.25) is 0 Å². The molecule has 0 aromatic heterocycles. The van der Waals surface area contributed by atoms with Crippen LogP contribution in [0.3, 0.4) is 0 Å². The lowest BCUT2D eigenvalue weighted by Gasteiger charge is -2.40. The summed E-state index contributed by atoms with van der Waals surface area (Å²) in [7, 11) is 0. The number of fused-ring (bicyclic) bond motifs is 1. The lowest BCUT2D eigenvalue weighted by atomic mass is 9.76.